The number of imidazole rings is 1. The number of rotatable bonds is 13. The number of nitrogens with one attached hydrogen (secondary N) is 4. The molecule has 0 bridgehead atoms. The normalized spacial score (nSPS) is 13.8. The zero-order valence-electron chi connectivity index (χ0n) is 16.3. The molecule has 1 aromatic rings. The van der Waals surface area contributed by atoms with Gasteiger partial charge < -0.3 is 37.5 Å². The van der Waals surface area contributed by atoms with Crippen LogP contribution in [0.15, 0.2) is 12.5 Å². The third-order valence-corrected chi connectivity index (χ3v) is 4.02. The number of hydrogen-bond acceptors (Lipinski definition) is 7. The van der Waals surface area contributed by atoms with Crippen LogP contribution >= 0.6 is 0 Å². The molecule has 0 spiro atoms. The van der Waals surface area contributed by atoms with Crippen molar-refractivity contribution in [1.82, 2.24) is 25.9 Å². The molecule has 0 aromatic carbocycles. The first-order valence-electron chi connectivity index (χ1n) is 9.27. The van der Waals surface area contributed by atoms with Gasteiger partial charge in [0.25, 0.3) is 0 Å². The highest BCUT2D eigenvalue weighted by molar-refractivity contribution is 5.93. The van der Waals surface area contributed by atoms with Gasteiger partial charge in [-0.2, -0.15) is 0 Å². The number of carbonyl (C=O) groups is 4. The largest absolute Gasteiger partial charge is 0.480 e. The van der Waals surface area contributed by atoms with Crippen LogP contribution in [0, 0.1) is 0 Å². The highest BCUT2D eigenvalue weighted by Gasteiger charge is 2.28. The monoisotopic (exact) mass is 411 g/mol. The molecule has 12 heteroatoms. The van der Waals surface area contributed by atoms with E-state index in [9.17, 15) is 19.2 Å². The topological polar surface area (TPSA) is 205 Å². The molecule has 0 radical (unpaired) electrons. The zero-order chi connectivity index (χ0) is 21.8. The lowest BCUT2D eigenvalue weighted by Gasteiger charge is -2.23. The Labute approximate surface area is 168 Å². The summed E-state index contributed by atoms with van der Waals surface area (Å²) in [6.45, 7) is 1.34. The summed E-state index contributed by atoms with van der Waals surface area (Å²) in [6.07, 6.45) is 4.53. The number of carboxylic acid groups (broad SMARTS) is 1. The quantitative estimate of drug-likeness (QED) is 0.174. The lowest BCUT2D eigenvalue weighted by Crippen LogP contribution is -2.56. The first-order valence-corrected chi connectivity index (χ1v) is 9.27. The molecule has 3 atom stereocenters. The van der Waals surface area contributed by atoms with Crippen LogP contribution in [0.4, 0.5) is 0 Å². The van der Waals surface area contributed by atoms with E-state index < -0.39 is 48.4 Å². The van der Waals surface area contributed by atoms with Crippen LogP contribution in [0.3, 0.4) is 0 Å². The Kier molecular flexibility index (Phi) is 10.3. The number of carboxylic acids is 1. The maximum atomic E-state index is 12.8. The van der Waals surface area contributed by atoms with Crippen molar-refractivity contribution >= 4 is 23.7 Å². The van der Waals surface area contributed by atoms with Crippen molar-refractivity contribution < 1.29 is 24.3 Å². The Morgan fingerprint density at radius 3 is 2.38 bits per heavy atom. The van der Waals surface area contributed by atoms with Gasteiger partial charge in [0.1, 0.15) is 18.6 Å². The molecule has 3 amide bonds. The van der Waals surface area contributed by atoms with Crippen molar-refractivity contribution in [3.05, 3.63) is 18.2 Å². The standard InChI is InChI=1S/C17H29N7O5/c1-10(19)15(27)23-12(4-2-3-5-18)17(29)24-13(6-11-7-20-9-22-11)16(28)21-8-14(25)26/h7,9-10,12-13H,2-6,8,18-19H2,1H3,(H,20,22)(H,21,28)(H,23,27)(H,24,29)(H,25,26). The minimum atomic E-state index is -1.21. The fourth-order valence-electron chi connectivity index (χ4n) is 2.45. The van der Waals surface area contributed by atoms with Crippen LogP contribution < -0.4 is 27.4 Å². The number of amides is 3. The molecular weight excluding hydrogens is 382 g/mol. The molecular formula is C17H29N7O5. The maximum absolute atomic E-state index is 12.8. The molecule has 0 fully saturated rings. The van der Waals surface area contributed by atoms with Gasteiger partial charge in [-0.15, -0.1) is 0 Å². The number of carbonyl (C=O) groups excluding carboxylic acids is 3. The van der Waals surface area contributed by atoms with Crippen LogP contribution in [0.2, 0.25) is 0 Å². The minimum Gasteiger partial charge on any atom is -0.480 e. The van der Waals surface area contributed by atoms with Gasteiger partial charge in [-0.3, -0.25) is 19.2 Å². The van der Waals surface area contributed by atoms with E-state index in [1.807, 2.05) is 0 Å². The van der Waals surface area contributed by atoms with Gasteiger partial charge >= 0.3 is 5.97 Å². The number of nitrogens with two attached hydrogens (primary N) is 2. The molecule has 3 unspecified atom stereocenters. The molecule has 1 rings (SSSR count). The molecule has 0 saturated heterocycles. The highest BCUT2D eigenvalue weighted by Crippen LogP contribution is 2.04. The number of aromatic nitrogens is 2. The van der Waals surface area contributed by atoms with Crippen molar-refractivity contribution in [2.45, 2.75) is 50.7 Å². The van der Waals surface area contributed by atoms with Crippen molar-refractivity contribution in [2.75, 3.05) is 13.1 Å². The summed E-state index contributed by atoms with van der Waals surface area (Å²) in [6, 6.07) is -2.78. The van der Waals surface area contributed by atoms with Gasteiger partial charge in [0.15, 0.2) is 0 Å². The molecule has 9 N–H and O–H groups in total. The SMILES string of the molecule is CC(N)C(=O)NC(CCCCN)C(=O)NC(Cc1cnc[nH]1)C(=O)NCC(=O)O. The molecule has 162 valence electrons. The van der Waals surface area contributed by atoms with E-state index in [0.717, 1.165) is 0 Å². The van der Waals surface area contributed by atoms with E-state index in [1.54, 1.807) is 0 Å². The first-order chi connectivity index (χ1) is 13.7. The van der Waals surface area contributed by atoms with E-state index >= 15 is 0 Å². The van der Waals surface area contributed by atoms with Gasteiger partial charge in [-0.1, -0.05) is 0 Å². The predicted molar refractivity (Wildman–Crippen MR) is 103 cm³/mol. The van der Waals surface area contributed by atoms with Crippen molar-refractivity contribution in [3.63, 3.8) is 0 Å². The molecule has 0 saturated carbocycles. The maximum Gasteiger partial charge on any atom is 0.322 e. The lowest BCUT2D eigenvalue weighted by molar-refractivity contribution is -0.138. The Morgan fingerprint density at radius 1 is 1.14 bits per heavy atom. The van der Waals surface area contributed by atoms with Crippen LogP contribution in [-0.2, 0) is 25.6 Å². The van der Waals surface area contributed by atoms with Crippen LogP contribution in [0.5, 0.6) is 0 Å². The number of aliphatic carboxylic acids is 1. The zero-order valence-corrected chi connectivity index (χ0v) is 16.3. The van der Waals surface area contributed by atoms with Crippen molar-refractivity contribution in [2.24, 2.45) is 11.5 Å². The minimum absolute atomic E-state index is 0.0634. The number of hydrogen-bond donors (Lipinski definition) is 7. The predicted octanol–water partition coefficient (Wildman–Crippen LogP) is -2.40. The lowest BCUT2D eigenvalue weighted by atomic mass is 10.1. The Morgan fingerprint density at radius 2 is 1.83 bits per heavy atom. The first kappa shape index (κ1) is 24.0. The van der Waals surface area contributed by atoms with Crippen LogP contribution in [0.25, 0.3) is 0 Å². The molecule has 0 aliphatic rings. The van der Waals surface area contributed by atoms with Gasteiger partial charge in [-0.05, 0) is 32.7 Å². The van der Waals surface area contributed by atoms with E-state index in [4.69, 9.17) is 16.6 Å². The summed E-state index contributed by atoms with van der Waals surface area (Å²) in [4.78, 5) is 54.5. The number of H-pyrrole nitrogens is 1. The third kappa shape index (κ3) is 9.17. The second-order valence-electron chi connectivity index (χ2n) is 6.59. The van der Waals surface area contributed by atoms with E-state index in [-0.39, 0.29) is 6.42 Å². The highest BCUT2D eigenvalue weighted by atomic mass is 16.4. The second-order valence-corrected chi connectivity index (χ2v) is 6.59. The summed E-state index contributed by atoms with van der Waals surface area (Å²) >= 11 is 0. The summed E-state index contributed by atoms with van der Waals surface area (Å²) in [5.74, 6) is -2.97. The molecule has 12 nitrogen and oxygen atoms in total. The molecule has 0 aliphatic carbocycles. The number of unbranched alkanes of at least 4 members (excludes halogenated alkanes) is 1. The van der Waals surface area contributed by atoms with E-state index in [1.165, 1.54) is 19.4 Å². The number of nitrogens with zero attached hydrogens (tertiary/aromatic N) is 1. The van der Waals surface area contributed by atoms with Gasteiger partial charge in [0, 0.05) is 18.3 Å². The fraction of sp³-hybridized carbons (Fsp3) is 0.588. The van der Waals surface area contributed by atoms with Crippen LogP contribution in [0.1, 0.15) is 31.9 Å². The van der Waals surface area contributed by atoms with Crippen molar-refractivity contribution in [1.29, 1.82) is 0 Å². The summed E-state index contributed by atoms with van der Waals surface area (Å²) in [7, 11) is 0. The van der Waals surface area contributed by atoms with Gasteiger partial charge in [0.2, 0.25) is 17.7 Å². The fourth-order valence-corrected chi connectivity index (χ4v) is 2.45. The smallest absolute Gasteiger partial charge is 0.322 e. The summed E-state index contributed by atoms with van der Waals surface area (Å²) in [5.41, 5.74) is 11.6. The van der Waals surface area contributed by atoms with E-state index in [0.29, 0.717) is 31.5 Å². The summed E-state index contributed by atoms with van der Waals surface area (Å²) < 4.78 is 0. The van der Waals surface area contributed by atoms with Gasteiger partial charge in [-0.25, -0.2) is 4.98 Å². The van der Waals surface area contributed by atoms with E-state index in [2.05, 4.69) is 25.9 Å². The molecule has 0 aliphatic heterocycles. The molecule has 1 heterocycles. The average molecular weight is 411 g/mol. The van der Waals surface area contributed by atoms with Gasteiger partial charge in [0.05, 0.1) is 12.4 Å². The Balaban J connectivity index is 2.88. The van der Waals surface area contributed by atoms with Crippen LogP contribution in [-0.4, -0.2) is 70.0 Å². The molecule has 1 aromatic heterocycles. The third-order valence-electron chi connectivity index (χ3n) is 4.02. The molecule has 29 heavy (non-hydrogen) atoms. The van der Waals surface area contributed by atoms with Crippen molar-refractivity contribution in [3.8, 4) is 0 Å². The average Bonchev–Trinajstić information content (AvgIpc) is 3.17. The Bertz CT molecular complexity index is 678. The number of aromatic amines is 1. The summed E-state index contributed by atoms with van der Waals surface area (Å²) in [5, 5.41) is 16.1. The second kappa shape index (κ2) is 12.5. The Hall–Kier alpha value is -2.99.